The predicted octanol–water partition coefficient (Wildman–Crippen LogP) is 5.40. The molecule has 0 atom stereocenters. The Hall–Kier alpha value is -3.34. The summed E-state index contributed by atoms with van der Waals surface area (Å²) in [6.07, 6.45) is 0. The number of carbonyl (C=O) groups excluding carboxylic acids is 1. The minimum absolute atomic E-state index is 0.0586. The normalized spacial score (nSPS) is 11.1. The Bertz CT molecular complexity index is 1160. The molecule has 0 aliphatic carbocycles. The number of halogens is 1. The SMILES string of the molecule is COc1ccc(COC(=O)c2oc3c(ccc4ccccc43)c2C)cc1F. The molecule has 0 saturated heterocycles. The predicted molar refractivity (Wildman–Crippen MR) is 101 cm³/mol. The molecule has 0 unspecified atom stereocenters. The van der Waals surface area contributed by atoms with Crippen LogP contribution in [0.3, 0.4) is 0 Å². The second kappa shape index (κ2) is 6.76. The molecular weight excluding hydrogens is 347 g/mol. The fraction of sp³-hybridized carbons (Fsp3) is 0.136. The number of hydrogen-bond acceptors (Lipinski definition) is 4. The molecule has 0 radical (unpaired) electrons. The number of esters is 1. The summed E-state index contributed by atoms with van der Waals surface area (Å²) >= 11 is 0. The molecule has 0 bridgehead atoms. The Morgan fingerprint density at radius 2 is 1.89 bits per heavy atom. The van der Waals surface area contributed by atoms with Crippen LogP contribution in [0, 0.1) is 12.7 Å². The highest BCUT2D eigenvalue weighted by Crippen LogP contribution is 2.32. The molecule has 1 heterocycles. The van der Waals surface area contributed by atoms with Crippen LogP contribution < -0.4 is 4.74 Å². The molecule has 5 heteroatoms. The second-order valence-corrected chi connectivity index (χ2v) is 6.26. The summed E-state index contributed by atoms with van der Waals surface area (Å²) in [5, 5.41) is 2.85. The minimum Gasteiger partial charge on any atom is -0.494 e. The largest absolute Gasteiger partial charge is 0.494 e. The van der Waals surface area contributed by atoms with Crippen molar-refractivity contribution in [2.75, 3.05) is 7.11 Å². The smallest absolute Gasteiger partial charge is 0.374 e. The summed E-state index contributed by atoms with van der Waals surface area (Å²) in [6, 6.07) is 16.2. The molecule has 0 saturated carbocycles. The van der Waals surface area contributed by atoms with Crippen LogP contribution in [0.15, 0.2) is 59.0 Å². The zero-order valence-corrected chi connectivity index (χ0v) is 14.9. The zero-order chi connectivity index (χ0) is 19.0. The first-order valence-corrected chi connectivity index (χ1v) is 8.49. The highest BCUT2D eigenvalue weighted by molar-refractivity contribution is 6.08. The molecule has 0 amide bonds. The number of ether oxygens (including phenoxy) is 2. The van der Waals surface area contributed by atoms with Crippen LogP contribution in [-0.2, 0) is 11.3 Å². The van der Waals surface area contributed by atoms with E-state index in [1.807, 2.05) is 43.3 Å². The fourth-order valence-electron chi connectivity index (χ4n) is 3.16. The number of rotatable bonds is 4. The molecule has 3 aromatic carbocycles. The topological polar surface area (TPSA) is 48.7 Å². The van der Waals surface area contributed by atoms with E-state index in [2.05, 4.69) is 0 Å². The molecule has 1 aromatic heterocycles. The lowest BCUT2D eigenvalue weighted by molar-refractivity contribution is 0.0437. The van der Waals surface area contributed by atoms with Crippen molar-refractivity contribution in [3.63, 3.8) is 0 Å². The van der Waals surface area contributed by atoms with Gasteiger partial charge in [-0.3, -0.25) is 0 Å². The standard InChI is InChI=1S/C22H17FO4/c1-13-16-9-8-15-5-3-4-6-17(15)21(16)27-20(13)22(24)26-12-14-7-10-19(25-2)18(23)11-14/h3-11H,12H2,1-2H3. The third-order valence-electron chi connectivity index (χ3n) is 4.60. The van der Waals surface area contributed by atoms with E-state index < -0.39 is 11.8 Å². The van der Waals surface area contributed by atoms with Gasteiger partial charge in [-0.2, -0.15) is 0 Å². The Morgan fingerprint density at radius 1 is 1.07 bits per heavy atom. The number of methoxy groups -OCH3 is 1. The molecule has 0 fully saturated rings. The first-order valence-electron chi connectivity index (χ1n) is 8.49. The maximum atomic E-state index is 13.8. The molecule has 27 heavy (non-hydrogen) atoms. The first kappa shape index (κ1) is 17.1. The van der Waals surface area contributed by atoms with Gasteiger partial charge in [0.25, 0.3) is 0 Å². The van der Waals surface area contributed by atoms with Gasteiger partial charge in [0, 0.05) is 16.3 Å². The van der Waals surface area contributed by atoms with E-state index in [-0.39, 0.29) is 18.1 Å². The van der Waals surface area contributed by atoms with Gasteiger partial charge >= 0.3 is 5.97 Å². The van der Waals surface area contributed by atoms with Gasteiger partial charge in [0.05, 0.1) is 7.11 Å². The molecule has 4 aromatic rings. The minimum atomic E-state index is -0.580. The monoisotopic (exact) mass is 364 g/mol. The fourth-order valence-corrected chi connectivity index (χ4v) is 3.16. The van der Waals surface area contributed by atoms with E-state index in [1.54, 1.807) is 6.07 Å². The van der Waals surface area contributed by atoms with Crippen molar-refractivity contribution in [3.8, 4) is 5.75 Å². The molecule has 0 N–H and O–H groups in total. The number of fused-ring (bicyclic) bond motifs is 3. The Morgan fingerprint density at radius 3 is 2.67 bits per heavy atom. The highest BCUT2D eigenvalue weighted by Gasteiger charge is 2.20. The van der Waals surface area contributed by atoms with Crippen LogP contribution >= 0.6 is 0 Å². The average molecular weight is 364 g/mol. The Balaban J connectivity index is 1.62. The van der Waals surface area contributed by atoms with Crippen molar-refractivity contribution in [2.45, 2.75) is 13.5 Å². The van der Waals surface area contributed by atoms with Crippen molar-refractivity contribution >= 4 is 27.7 Å². The van der Waals surface area contributed by atoms with Crippen LogP contribution in [-0.4, -0.2) is 13.1 Å². The van der Waals surface area contributed by atoms with E-state index in [4.69, 9.17) is 13.9 Å². The summed E-state index contributed by atoms with van der Waals surface area (Å²) in [7, 11) is 1.40. The van der Waals surface area contributed by atoms with Gasteiger partial charge in [-0.05, 0) is 30.0 Å². The lowest BCUT2D eigenvalue weighted by Gasteiger charge is -2.06. The lowest BCUT2D eigenvalue weighted by Crippen LogP contribution is -2.05. The van der Waals surface area contributed by atoms with Crippen LogP contribution in [0.25, 0.3) is 21.7 Å². The Kier molecular flexibility index (Phi) is 4.28. The van der Waals surface area contributed by atoms with Crippen molar-refractivity contribution in [1.29, 1.82) is 0 Å². The van der Waals surface area contributed by atoms with E-state index in [9.17, 15) is 9.18 Å². The van der Waals surface area contributed by atoms with Gasteiger partial charge in [-0.15, -0.1) is 0 Å². The van der Waals surface area contributed by atoms with E-state index in [1.165, 1.54) is 19.2 Å². The third-order valence-corrected chi connectivity index (χ3v) is 4.60. The van der Waals surface area contributed by atoms with Crippen LogP contribution in [0.5, 0.6) is 5.75 Å². The van der Waals surface area contributed by atoms with Crippen molar-refractivity contribution in [1.82, 2.24) is 0 Å². The van der Waals surface area contributed by atoms with E-state index in [0.717, 1.165) is 21.7 Å². The highest BCUT2D eigenvalue weighted by atomic mass is 19.1. The number of hydrogen-bond donors (Lipinski definition) is 0. The van der Waals surface area contributed by atoms with Gasteiger partial charge in [-0.1, -0.05) is 42.5 Å². The van der Waals surface area contributed by atoms with Crippen LogP contribution in [0.4, 0.5) is 4.39 Å². The first-order chi connectivity index (χ1) is 13.1. The van der Waals surface area contributed by atoms with Crippen molar-refractivity contribution in [3.05, 3.63) is 77.3 Å². The van der Waals surface area contributed by atoms with Gasteiger partial charge in [0.15, 0.2) is 11.6 Å². The van der Waals surface area contributed by atoms with E-state index >= 15 is 0 Å². The Labute approximate surface area is 155 Å². The number of aryl methyl sites for hydroxylation is 1. The summed E-state index contributed by atoms with van der Waals surface area (Å²) in [6.45, 7) is 1.77. The number of carbonyl (C=O) groups is 1. The van der Waals surface area contributed by atoms with Gasteiger partial charge in [0.1, 0.15) is 12.2 Å². The lowest BCUT2D eigenvalue weighted by atomic mass is 10.1. The van der Waals surface area contributed by atoms with Crippen molar-refractivity contribution in [2.24, 2.45) is 0 Å². The van der Waals surface area contributed by atoms with Gasteiger partial charge in [-0.25, -0.2) is 9.18 Å². The molecule has 0 aliphatic rings. The van der Waals surface area contributed by atoms with Gasteiger partial charge < -0.3 is 13.9 Å². The molecule has 4 rings (SSSR count). The summed E-state index contributed by atoms with van der Waals surface area (Å²) < 4.78 is 29.8. The summed E-state index contributed by atoms with van der Waals surface area (Å²) in [5.74, 6) is -0.776. The number of benzene rings is 3. The quantitative estimate of drug-likeness (QED) is 0.455. The molecule has 0 spiro atoms. The average Bonchev–Trinajstić information content (AvgIpc) is 3.03. The third kappa shape index (κ3) is 3.01. The molecule has 136 valence electrons. The summed E-state index contributed by atoms with van der Waals surface area (Å²) in [5.41, 5.74) is 1.91. The van der Waals surface area contributed by atoms with Crippen LogP contribution in [0.2, 0.25) is 0 Å². The maximum Gasteiger partial charge on any atom is 0.374 e. The zero-order valence-electron chi connectivity index (χ0n) is 14.9. The number of furan rings is 1. The molecule has 4 nitrogen and oxygen atoms in total. The second-order valence-electron chi connectivity index (χ2n) is 6.26. The van der Waals surface area contributed by atoms with Crippen molar-refractivity contribution < 1.29 is 23.1 Å². The summed E-state index contributed by atoms with van der Waals surface area (Å²) in [4.78, 5) is 12.5. The van der Waals surface area contributed by atoms with E-state index in [0.29, 0.717) is 11.1 Å². The van der Waals surface area contributed by atoms with Gasteiger partial charge in [0.2, 0.25) is 5.76 Å². The maximum absolute atomic E-state index is 13.8. The molecule has 0 aliphatic heterocycles. The molecular formula is C22H17FO4. The van der Waals surface area contributed by atoms with Crippen LogP contribution in [0.1, 0.15) is 21.7 Å².